The quantitative estimate of drug-likeness (QED) is 0.668. The summed E-state index contributed by atoms with van der Waals surface area (Å²) < 4.78 is 28.7. The Hall–Kier alpha value is -0.170. The lowest BCUT2D eigenvalue weighted by Gasteiger charge is -2.43. The zero-order valence-corrected chi connectivity index (χ0v) is 14.0. The highest BCUT2D eigenvalue weighted by molar-refractivity contribution is 7.86. The van der Waals surface area contributed by atoms with Crippen LogP contribution in [0.1, 0.15) is 53.9 Å². The summed E-state index contributed by atoms with van der Waals surface area (Å²) >= 11 is 0. The lowest BCUT2D eigenvalue weighted by Crippen LogP contribution is -2.59. The van der Waals surface area contributed by atoms with Crippen molar-refractivity contribution in [3.05, 3.63) is 0 Å². The Morgan fingerprint density at radius 3 is 1.74 bits per heavy atom. The number of hydrogen-bond acceptors (Lipinski definition) is 3. The molecule has 0 unspecified atom stereocenters. The minimum atomic E-state index is -3.43. The topological polar surface area (TPSA) is 66.6 Å². The zero-order chi connectivity index (χ0) is 15.1. The lowest BCUT2D eigenvalue weighted by molar-refractivity contribution is 0.166. The molecule has 0 aliphatic rings. The van der Waals surface area contributed by atoms with Crippen LogP contribution in [0.25, 0.3) is 0 Å². The molecule has 0 aromatic carbocycles. The van der Waals surface area contributed by atoms with E-state index in [-0.39, 0.29) is 0 Å². The van der Waals surface area contributed by atoms with Crippen molar-refractivity contribution in [1.29, 1.82) is 0 Å². The predicted octanol–water partition coefficient (Wildman–Crippen LogP) is 1.80. The van der Waals surface area contributed by atoms with Crippen molar-refractivity contribution < 1.29 is 8.42 Å². The third kappa shape index (κ3) is 3.90. The second-order valence-electron chi connectivity index (χ2n) is 4.80. The van der Waals surface area contributed by atoms with Crippen LogP contribution in [0.2, 0.25) is 0 Å². The van der Waals surface area contributed by atoms with Crippen LogP contribution < -0.4 is 5.73 Å². The minimum Gasteiger partial charge on any atom is -0.329 e. The number of nitrogens with two attached hydrogens (primary N) is 1. The van der Waals surface area contributed by atoms with Crippen molar-refractivity contribution in [3.63, 3.8) is 0 Å². The fourth-order valence-electron chi connectivity index (χ4n) is 2.48. The highest BCUT2D eigenvalue weighted by Crippen LogP contribution is 2.28. The summed E-state index contributed by atoms with van der Waals surface area (Å²) in [6, 6.07) is 0. The average molecular weight is 293 g/mol. The lowest BCUT2D eigenvalue weighted by atomic mass is 9.93. The van der Waals surface area contributed by atoms with Gasteiger partial charge in [0.1, 0.15) is 0 Å². The van der Waals surface area contributed by atoms with Gasteiger partial charge in [-0.05, 0) is 19.3 Å². The van der Waals surface area contributed by atoms with Crippen LogP contribution in [0.4, 0.5) is 0 Å². The molecule has 19 heavy (non-hydrogen) atoms. The molecular formula is C13H31N3O2S. The summed E-state index contributed by atoms with van der Waals surface area (Å²) in [5, 5.41) is 0. The van der Waals surface area contributed by atoms with E-state index < -0.39 is 15.7 Å². The largest absolute Gasteiger partial charge is 0.329 e. The second kappa shape index (κ2) is 8.19. The van der Waals surface area contributed by atoms with E-state index in [1.165, 1.54) is 4.31 Å². The number of hydrogen-bond donors (Lipinski definition) is 1. The van der Waals surface area contributed by atoms with Gasteiger partial charge in [-0.25, -0.2) is 0 Å². The fraction of sp³-hybridized carbons (Fsp3) is 1.00. The van der Waals surface area contributed by atoms with E-state index in [4.69, 9.17) is 5.73 Å². The van der Waals surface area contributed by atoms with Crippen molar-refractivity contribution in [2.45, 2.75) is 59.4 Å². The van der Waals surface area contributed by atoms with Gasteiger partial charge in [0.05, 0.1) is 0 Å². The van der Waals surface area contributed by atoms with Crippen LogP contribution >= 0.6 is 0 Å². The molecule has 0 rings (SSSR count). The van der Waals surface area contributed by atoms with Gasteiger partial charge in [0.15, 0.2) is 0 Å². The van der Waals surface area contributed by atoms with Crippen molar-refractivity contribution in [2.75, 3.05) is 26.2 Å². The van der Waals surface area contributed by atoms with E-state index in [1.807, 2.05) is 34.6 Å². The molecule has 0 bridgehead atoms. The van der Waals surface area contributed by atoms with E-state index in [0.717, 1.165) is 19.3 Å². The molecule has 0 aliphatic heterocycles. The summed E-state index contributed by atoms with van der Waals surface area (Å²) in [4.78, 5) is 0. The van der Waals surface area contributed by atoms with E-state index >= 15 is 0 Å². The van der Waals surface area contributed by atoms with Gasteiger partial charge >= 0.3 is 0 Å². The van der Waals surface area contributed by atoms with Gasteiger partial charge in [0.25, 0.3) is 10.2 Å². The fourth-order valence-corrected chi connectivity index (χ4v) is 4.65. The van der Waals surface area contributed by atoms with Crippen molar-refractivity contribution in [3.8, 4) is 0 Å². The second-order valence-corrected chi connectivity index (χ2v) is 6.65. The Morgan fingerprint density at radius 1 is 1.00 bits per heavy atom. The molecule has 0 radical (unpaired) electrons. The van der Waals surface area contributed by atoms with Gasteiger partial charge < -0.3 is 5.73 Å². The summed E-state index contributed by atoms with van der Waals surface area (Å²) in [5.74, 6) is 0. The molecule has 116 valence electrons. The average Bonchev–Trinajstić information content (AvgIpc) is 2.41. The van der Waals surface area contributed by atoms with Gasteiger partial charge in [-0.3, -0.25) is 0 Å². The van der Waals surface area contributed by atoms with Crippen LogP contribution in [0.5, 0.6) is 0 Å². The third-order valence-corrected chi connectivity index (χ3v) is 6.26. The standard InChI is InChI=1S/C13H31N3O2S/c1-6-11-16(13(7-2,8-3)12-14)19(17,18)15(9-4)10-5/h6-12,14H2,1-5H3. The SMILES string of the molecule is CCCN(C(CC)(CC)CN)S(=O)(=O)N(CC)CC. The molecule has 2 N–H and O–H groups in total. The first-order chi connectivity index (χ1) is 8.89. The Morgan fingerprint density at radius 2 is 1.47 bits per heavy atom. The van der Waals surface area contributed by atoms with Crippen LogP contribution in [0.3, 0.4) is 0 Å². The molecule has 0 aromatic rings. The Kier molecular flexibility index (Phi) is 8.12. The predicted molar refractivity (Wildman–Crippen MR) is 81.2 cm³/mol. The molecule has 6 heteroatoms. The smallest absolute Gasteiger partial charge is 0.282 e. The Bertz CT molecular complexity index is 328. The summed E-state index contributed by atoms with van der Waals surface area (Å²) in [7, 11) is -3.43. The number of rotatable bonds is 10. The highest BCUT2D eigenvalue weighted by atomic mass is 32.2. The van der Waals surface area contributed by atoms with Gasteiger partial charge in [0, 0.05) is 31.7 Å². The van der Waals surface area contributed by atoms with Crippen molar-refractivity contribution >= 4 is 10.2 Å². The zero-order valence-electron chi connectivity index (χ0n) is 13.1. The molecule has 0 saturated heterocycles. The molecule has 0 atom stereocenters. The maximum absolute atomic E-state index is 12.8. The van der Waals surface area contributed by atoms with E-state index in [0.29, 0.717) is 26.2 Å². The molecule has 0 amide bonds. The third-order valence-electron chi connectivity index (χ3n) is 3.96. The Balaban J connectivity index is 5.64. The van der Waals surface area contributed by atoms with E-state index in [1.54, 1.807) is 4.31 Å². The van der Waals surface area contributed by atoms with Crippen LogP contribution in [0, 0.1) is 0 Å². The molecule has 0 aromatic heterocycles. The van der Waals surface area contributed by atoms with E-state index in [9.17, 15) is 8.42 Å². The van der Waals surface area contributed by atoms with Crippen LogP contribution in [-0.4, -0.2) is 48.7 Å². The summed E-state index contributed by atoms with van der Waals surface area (Å²) in [6.07, 6.45) is 2.27. The molecule has 0 saturated carbocycles. The van der Waals surface area contributed by atoms with Crippen LogP contribution in [-0.2, 0) is 10.2 Å². The van der Waals surface area contributed by atoms with Crippen LogP contribution in [0.15, 0.2) is 0 Å². The minimum absolute atomic E-state index is 0.362. The van der Waals surface area contributed by atoms with Crippen molar-refractivity contribution in [2.24, 2.45) is 5.73 Å². The van der Waals surface area contributed by atoms with Crippen molar-refractivity contribution in [1.82, 2.24) is 8.61 Å². The first-order valence-electron chi connectivity index (χ1n) is 7.38. The number of nitrogens with zero attached hydrogens (tertiary/aromatic N) is 2. The molecule has 0 fully saturated rings. The first-order valence-corrected chi connectivity index (χ1v) is 8.77. The highest BCUT2D eigenvalue weighted by Gasteiger charge is 2.41. The summed E-state index contributed by atoms with van der Waals surface area (Å²) in [6.45, 7) is 11.6. The van der Waals surface area contributed by atoms with E-state index in [2.05, 4.69) is 0 Å². The summed E-state index contributed by atoms with van der Waals surface area (Å²) in [5.41, 5.74) is 5.45. The molecule has 0 spiro atoms. The normalized spacial score (nSPS) is 13.5. The molecule has 0 aliphatic carbocycles. The van der Waals surface area contributed by atoms with Gasteiger partial charge in [-0.2, -0.15) is 17.0 Å². The van der Waals surface area contributed by atoms with Gasteiger partial charge in [-0.1, -0.05) is 34.6 Å². The maximum atomic E-state index is 12.8. The van der Waals surface area contributed by atoms with Gasteiger partial charge in [0.2, 0.25) is 0 Å². The molecule has 5 nitrogen and oxygen atoms in total. The maximum Gasteiger partial charge on any atom is 0.282 e. The first kappa shape index (κ1) is 18.8. The molecule has 0 heterocycles. The monoisotopic (exact) mass is 293 g/mol. The van der Waals surface area contributed by atoms with Gasteiger partial charge in [-0.15, -0.1) is 0 Å². The molecular weight excluding hydrogens is 262 g/mol. The Labute approximate surface area is 119 Å².